The maximum absolute atomic E-state index is 11.2. The van der Waals surface area contributed by atoms with Crippen LogP contribution >= 0.6 is 34.5 Å². The topological polar surface area (TPSA) is 17.1 Å². The van der Waals surface area contributed by atoms with Crippen LogP contribution in [0.4, 0.5) is 0 Å². The molecule has 2 aromatic rings. The minimum absolute atomic E-state index is 0.0792. The van der Waals surface area contributed by atoms with Gasteiger partial charge in [-0.1, -0.05) is 44.5 Å². The second-order valence-corrected chi connectivity index (χ2v) is 6.75. The van der Waals surface area contributed by atoms with Gasteiger partial charge in [-0.15, -0.1) is 11.3 Å². The molecule has 0 N–H and O–H groups in total. The Morgan fingerprint density at radius 2 is 1.94 bits per heavy atom. The summed E-state index contributed by atoms with van der Waals surface area (Å²) < 4.78 is 1.01. The predicted octanol–water partition coefficient (Wildman–Crippen LogP) is 5.23. The van der Waals surface area contributed by atoms with Gasteiger partial charge in [0.2, 0.25) is 0 Å². The third-order valence-electron chi connectivity index (χ3n) is 2.67. The molecule has 0 fully saturated rings. The first-order valence-electron chi connectivity index (χ1n) is 5.23. The number of carbonyl (C=O) groups excluding carboxylic acids is 1. The van der Waals surface area contributed by atoms with Gasteiger partial charge in [0.15, 0.2) is 0 Å². The van der Waals surface area contributed by atoms with Gasteiger partial charge in [-0.3, -0.25) is 4.79 Å². The normalized spacial score (nSPS) is 12.1. The summed E-state index contributed by atoms with van der Waals surface area (Å²) in [6, 6.07) is 6.08. The van der Waals surface area contributed by atoms with Crippen LogP contribution in [-0.4, -0.2) is 5.24 Å². The molecule has 1 aromatic carbocycles. The molecule has 0 aliphatic heterocycles. The SMILES string of the molecule is CC(C)(C)c1ccc2c(Cl)c(C(=O)Cl)sc2c1. The number of carbonyl (C=O) groups is 1. The zero-order chi connectivity index (χ0) is 12.8. The molecular formula is C13H12Cl2OS. The Balaban J connectivity index is 2.68. The lowest BCUT2D eigenvalue weighted by Gasteiger charge is -2.18. The van der Waals surface area contributed by atoms with Gasteiger partial charge in [0.05, 0.1) is 5.02 Å². The molecule has 1 heterocycles. The number of benzene rings is 1. The first-order valence-corrected chi connectivity index (χ1v) is 6.80. The molecule has 0 bridgehead atoms. The van der Waals surface area contributed by atoms with Crippen LogP contribution in [0.5, 0.6) is 0 Å². The van der Waals surface area contributed by atoms with Gasteiger partial charge < -0.3 is 0 Å². The number of fused-ring (bicyclic) bond motifs is 1. The molecule has 17 heavy (non-hydrogen) atoms. The Bertz CT molecular complexity index is 593. The summed E-state index contributed by atoms with van der Waals surface area (Å²) in [5.41, 5.74) is 1.30. The molecule has 0 aliphatic carbocycles. The zero-order valence-corrected chi connectivity index (χ0v) is 12.1. The fraction of sp³-hybridized carbons (Fsp3) is 0.308. The van der Waals surface area contributed by atoms with Gasteiger partial charge >= 0.3 is 0 Å². The van der Waals surface area contributed by atoms with Gasteiger partial charge in [0, 0.05) is 10.1 Å². The lowest BCUT2D eigenvalue weighted by atomic mass is 9.87. The highest BCUT2D eigenvalue weighted by molar-refractivity contribution is 7.23. The standard InChI is InChI=1S/C13H12Cl2OS/c1-13(2,3)7-4-5-8-9(6-7)17-11(10(8)14)12(15)16/h4-6H,1-3H3. The van der Waals surface area contributed by atoms with Crippen LogP contribution in [0.2, 0.25) is 5.02 Å². The Morgan fingerprint density at radius 3 is 2.47 bits per heavy atom. The zero-order valence-electron chi connectivity index (χ0n) is 9.80. The largest absolute Gasteiger partial charge is 0.275 e. The molecule has 1 aromatic heterocycles. The van der Waals surface area contributed by atoms with Crippen LogP contribution in [0, 0.1) is 0 Å². The van der Waals surface area contributed by atoms with E-state index in [2.05, 4.69) is 26.8 Å². The lowest BCUT2D eigenvalue weighted by molar-refractivity contribution is 0.108. The van der Waals surface area contributed by atoms with Crippen LogP contribution < -0.4 is 0 Å². The van der Waals surface area contributed by atoms with E-state index in [0.717, 1.165) is 10.1 Å². The summed E-state index contributed by atoms with van der Waals surface area (Å²) in [5.74, 6) is 0. The summed E-state index contributed by atoms with van der Waals surface area (Å²) >= 11 is 13.0. The number of hydrogen-bond donors (Lipinski definition) is 0. The Labute approximate surface area is 114 Å². The quantitative estimate of drug-likeness (QED) is 0.656. The van der Waals surface area contributed by atoms with Crippen molar-refractivity contribution in [2.75, 3.05) is 0 Å². The summed E-state index contributed by atoms with van der Waals surface area (Å²) in [7, 11) is 0. The van der Waals surface area contributed by atoms with Crippen molar-refractivity contribution in [2.45, 2.75) is 26.2 Å². The van der Waals surface area contributed by atoms with E-state index in [9.17, 15) is 4.79 Å². The maximum Gasteiger partial charge on any atom is 0.263 e. The van der Waals surface area contributed by atoms with E-state index in [0.29, 0.717) is 9.90 Å². The molecular weight excluding hydrogens is 275 g/mol. The van der Waals surface area contributed by atoms with Gasteiger partial charge in [-0.05, 0) is 28.6 Å². The molecule has 0 saturated heterocycles. The third-order valence-corrected chi connectivity index (χ3v) is 4.63. The van der Waals surface area contributed by atoms with Crippen molar-refractivity contribution in [1.29, 1.82) is 0 Å². The van der Waals surface area contributed by atoms with E-state index in [-0.39, 0.29) is 5.41 Å². The van der Waals surface area contributed by atoms with Crippen molar-refractivity contribution in [2.24, 2.45) is 0 Å². The predicted molar refractivity (Wildman–Crippen MR) is 75.7 cm³/mol. The van der Waals surface area contributed by atoms with Gasteiger partial charge in [0.1, 0.15) is 4.88 Å². The van der Waals surface area contributed by atoms with Gasteiger partial charge in [-0.2, -0.15) is 0 Å². The molecule has 0 amide bonds. The summed E-state index contributed by atoms with van der Waals surface area (Å²) in [5, 5.41) is 0.868. The minimum Gasteiger partial charge on any atom is -0.275 e. The smallest absolute Gasteiger partial charge is 0.263 e. The number of halogens is 2. The maximum atomic E-state index is 11.2. The Hall–Kier alpha value is -0.570. The van der Waals surface area contributed by atoms with Crippen molar-refractivity contribution in [3.05, 3.63) is 33.7 Å². The highest BCUT2D eigenvalue weighted by Crippen LogP contribution is 2.38. The molecule has 90 valence electrons. The molecule has 0 radical (unpaired) electrons. The Morgan fingerprint density at radius 1 is 1.29 bits per heavy atom. The fourth-order valence-electron chi connectivity index (χ4n) is 1.66. The van der Waals surface area contributed by atoms with Crippen molar-refractivity contribution < 1.29 is 4.79 Å². The van der Waals surface area contributed by atoms with E-state index in [1.807, 2.05) is 12.1 Å². The highest BCUT2D eigenvalue weighted by Gasteiger charge is 2.18. The molecule has 0 saturated carbocycles. The molecule has 0 spiro atoms. The number of hydrogen-bond acceptors (Lipinski definition) is 2. The van der Waals surface area contributed by atoms with E-state index >= 15 is 0 Å². The van der Waals surface area contributed by atoms with Crippen LogP contribution in [0.1, 0.15) is 36.0 Å². The average Bonchev–Trinajstić information content (AvgIpc) is 2.54. The monoisotopic (exact) mass is 286 g/mol. The summed E-state index contributed by atoms with van der Waals surface area (Å²) in [6.45, 7) is 6.45. The van der Waals surface area contributed by atoms with E-state index in [1.165, 1.54) is 16.9 Å². The van der Waals surface area contributed by atoms with Crippen molar-refractivity contribution in [1.82, 2.24) is 0 Å². The van der Waals surface area contributed by atoms with Crippen molar-refractivity contribution in [3.63, 3.8) is 0 Å². The summed E-state index contributed by atoms with van der Waals surface area (Å²) in [4.78, 5) is 11.6. The molecule has 0 aliphatic rings. The molecule has 0 unspecified atom stereocenters. The van der Waals surface area contributed by atoms with Crippen LogP contribution in [0.25, 0.3) is 10.1 Å². The molecule has 4 heteroatoms. The van der Waals surface area contributed by atoms with Crippen LogP contribution in [0.15, 0.2) is 18.2 Å². The fourth-order valence-corrected chi connectivity index (χ4v) is 3.30. The van der Waals surface area contributed by atoms with E-state index in [4.69, 9.17) is 23.2 Å². The number of rotatable bonds is 1. The van der Waals surface area contributed by atoms with Gasteiger partial charge in [-0.25, -0.2) is 0 Å². The van der Waals surface area contributed by atoms with Gasteiger partial charge in [0.25, 0.3) is 5.24 Å². The Kier molecular flexibility index (Phi) is 3.23. The number of thiophene rings is 1. The van der Waals surface area contributed by atoms with Crippen molar-refractivity contribution in [3.8, 4) is 0 Å². The second kappa shape index (κ2) is 4.27. The third kappa shape index (κ3) is 2.35. The molecule has 2 rings (SSSR count). The lowest BCUT2D eigenvalue weighted by Crippen LogP contribution is -2.10. The van der Waals surface area contributed by atoms with E-state index < -0.39 is 5.24 Å². The van der Waals surface area contributed by atoms with E-state index in [1.54, 1.807) is 0 Å². The van der Waals surface area contributed by atoms with Crippen LogP contribution in [-0.2, 0) is 5.41 Å². The molecule has 1 nitrogen and oxygen atoms in total. The summed E-state index contributed by atoms with van der Waals surface area (Å²) in [6.07, 6.45) is 0. The first-order chi connectivity index (χ1) is 7.80. The highest BCUT2D eigenvalue weighted by atomic mass is 35.5. The van der Waals surface area contributed by atoms with Crippen LogP contribution in [0.3, 0.4) is 0 Å². The average molecular weight is 287 g/mol. The minimum atomic E-state index is -0.492. The van der Waals surface area contributed by atoms with Crippen molar-refractivity contribution >= 4 is 49.9 Å². The first kappa shape index (κ1) is 12.9. The molecule has 0 atom stereocenters. The second-order valence-electron chi connectivity index (χ2n) is 4.98.